The Bertz CT molecular complexity index is 2060. The number of fused-ring (bicyclic) bond motifs is 11. The number of carbonyl (C=O) groups excluding carboxylic acids is 8. The Balaban J connectivity index is 1.70. The van der Waals surface area contributed by atoms with Crippen molar-refractivity contribution in [1.82, 2.24) is 36.8 Å². The molecule has 0 radical (unpaired) electrons. The van der Waals surface area contributed by atoms with Gasteiger partial charge in [-0.2, -0.15) is 0 Å². The highest BCUT2D eigenvalue weighted by molar-refractivity contribution is 8.77. The molecule has 20 nitrogen and oxygen atoms in total. The van der Waals surface area contributed by atoms with Crippen LogP contribution in [0.15, 0.2) is 24.3 Å². The van der Waals surface area contributed by atoms with Crippen LogP contribution >= 0.6 is 64.8 Å². The average Bonchev–Trinajstić information content (AvgIpc) is 3.82. The lowest BCUT2D eigenvalue weighted by Crippen LogP contribution is -2.61. The van der Waals surface area contributed by atoms with Crippen LogP contribution in [0.3, 0.4) is 0 Å². The molecule has 3 bridgehead atoms. The number of phenols is 1. The highest BCUT2D eigenvalue weighted by atomic mass is 33.1. The molecule has 4 saturated heterocycles. The van der Waals surface area contributed by atoms with Crippen LogP contribution in [0, 0.1) is 11.8 Å². The van der Waals surface area contributed by atoms with E-state index >= 15 is 4.79 Å². The minimum Gasteiger partial charge on any atom is -0.508 e. The summed E-state index contributed by atoms with van der Waals surface area (Å²) in [7, 11) is 8.12. The third-order valence-electron chi connectivity index (χ3n) is 12.6. The predicted octanol–water partition coefficient (Wildman–Crippen LogP) is 0.668. The molecule has 11 N–H and O–H groups in total. The monoisotopic (exact) mass is 1100 g/mol. The molecule has 71 heavy (non-hydrogen) atoms. The van der Waals surface area contributed by atoms with Gasteiger partial charge >= 0.3 is 5.97 Å². The van der Waals surface area contributed by atoms with Gasteiger partial charge in [0.25, 0.3) is 0 Å². The average molecular weight is 1100 g/mol. The predicted molar refractivity (Wildman–Crippen MR) is 281 cm³/mol. The number of nitrogens with zero attached hydrogens (tertiary/aromatic N) is 1. The number of nitrogens with two attached hydrogens (primary N) is 1. The molecule has 0 aromatic heterocycles. The van der Waals surface area contributed by atoms with E-state index in [1.54, 1.807) is 19.1 Å². The minimum atomic E-state index is -1.36. The summed E-state index contributed by atoms with van der Waals surface area (Å²) >= 11 is 0. The molecule has 0 spiro atoms. The van der Waals surface area contributed by atoms with E-state index in [2.05, 4.69) is 31.9 Å². The number of nitrogens with one attached hydrogen (secondary N) is 6. The molecule has 0 saturated carbocycles. The van der Waals surface area contributed by atoms with Crippen LogP contribution in [0.5, 0.6) is 5.75 Å². The number of carbonyl (C=O) groups is 9. The molecule has 12 atom stereocenters. The number of aromatic hydroxyl groups is 1. The molecule has 394 valence electrons. The molecule has 5 rings (SSSR count). The van der Waals surface area contributed by atoms with E-state index in [9.17, 15) is 53.7 Å². The standard InChI is InChI=1S/C45H66N8O12S6/c1-23-18-67-69-20-29-33-21-70-66-14-12-27(49-30(10-11-38(58)59)42(62)52-31(41(29)61)15-26-6-8-28(55)9-7-26)19-68-71-22-34(51-39(25(3)54)44(64)47-17-36(23)56)40(60)24(2)48-43(63)35-5-4-13-53(35)45(65)32(50-33)16-37(46)57/h6-9,23-25,27,29-35,39,49-51,54-55H,4-5,10-22H2,1-3H3,(H2,46,57)(H,47,64)(H,48,63)(H,52,62)(H,58,59)/t23?,24?,25-,27?,29?,30+,31+,32+,33?,34?,35+,39+/m1/s1. The van der Waals surface area contributed by atoms with E-state index < -0.39 is 126 Å². The summed E-state index contributed by atoms with van der Waals surface area (Å²) < 4.78 is 0. The number of primary amides is 1. The smallest absolute Gasteiger partial charge is 0.303 e. The lowest BCUT2D eigenvalue weighted by molar-refractivity contribution is -0.142. The quantitative estimate of drug-likeness (QED) is 0.160. The first kappa shape index (κ1) is 58.7. The van der Waals surface area contributed by atoms with Gasteiger partial charge in [0.05, 0.1) is 49.3 Å². The second-order valence-electron chi connectivity index (χ2n) is 18.2. The van der Waals surface area contributed by atoms with Gasteiger partial charge in [0, 0.05) is 71.4 Å². The Morgan fingerprint density at radius 1 is 0.789 bits per heavy atom. The Kier molecular flexibility index (Phi) is 24.0. The second-order valence-corrected chi connectivity index (χ2v) is 25.9. The highest BCUT2D eigenvalue weighted by Crippen LogP contribution is 2.34. The number of aliphatic carboxylic acids is 1. The Morgan fingerprint density at radius 2 is 1.48 bits per heavy atom. The van der Waals surface area contributed by atoms with Gasteiger partial charge in [0.2, 0.25) is 29.5 Å². The zero-order valence-corrected chi connectivity index (χ0v) is 44.7. The normalized spacial score (nSPS) is 31.6. The molecular formula is C45H66N8O12S6. The van der Waals surface area contributed by atoms with Gasteiger partial charge in [-0.15, -0.1) is 0 Å². The molecule has 4 aliphatic heterocycles. The van der Waals surface area contributed by atoms with E-state index in [4.69, 9.17) is 5.73 Å². The van der Waals surface area contributed by atoms with Gasteiger partial charge < -0.3 is 52.5 Å². The summed E-state index contributed by atoms with van der Waals surface area (Å²) in [4.78, 5) is 127. The van der Waals surface area contributed by atoms with Crippen LogP contribution < -0.4 is 37.6 Å². The summed E-state index contributed by atoms with van der Waals surface area (Å²) in [6.07, 6.45) is -1.23. The number of amides is 5. The first-order valence-electron chi connectivity index (χ1n) is 23.6. The number of carboxylic acid groups (broad SMARTS) is 1. The van der Waals surface area contributed by atoms with Crippen LogP contribution in [0.4, 0.5) is 0 Å². The number of hydrogen-bond acceptors (Lipinski definition) is 20. The first-order chi connectivity index (χ1) is 33.8. The fourth-order valence-electron chi connectivity index (χ4n) is 8.52. The summed E-state index contributed by atoms with van der Waals surface area (Å²) in [5, 5.41) is 48.9. The molecular weight excluding hydrogens is 1040 g/mol. The molecule has 4 fully saturated rings. The Hall–Kier alpha value is -3.21. The number of hydrogen-bond donors (Lipinski definition) is 10. The van der Waals surface area contributed by atoms with Crippen LogP contribution in [0.2, 0.25) is 0 Å². The fraction of sp³-hybridized carbons (Fsp3) is 0.667. The van der Waals surface area contributed by atoms with Gasteiger partial charge in [-0.3, -0.25) is 48.5 Å². The first-order valence-corrected chi connectivity index (χ1v) is 31.1. The van der Waals surface area contributed by atoms with Crippen molar-refractivity contribution < 1.29 is 58.5 Å². The summed E-state index contributed by atoms with van der Waals surface area (Å²) in [5.41, 5.74) is 6.40. The number of aliphatic hydroxyl groups is 1. The lowest BCUT2D eigenvalue weighted by Gasteiger charge is -2.35. The van der Waals surface area contributed by atoms with Gasteiger partial charge in [-0.25, -0.2) is 0 Å². The van der Waals surface area contributed by atoms with E-state index in [1.807, 2.05) is 0 Å². The number of phenolic OH excluding ortho intramolecular Hbond substituents is 1. The SMILES string of the molecule is CC1CSSCC2C(=O)[C@H](Cc3ccc(O)cc3)NC(=O)[C@H](CCC(=O)O)NC3CCSSCC2N[C@@H](CC(N)=O)C(=O)N2CCC[C@H]2C(=O)NC(C)C(=O)C(CSSC3)N[C@@H]([C@@H](C)O)C(=O)NCC1=O. The largest absolute Gasteiger partial charge is 0.508 e. The molecule has 0 aliphatic carbocycles. The molecule has 5 amide bonds. The van der Waals surface area contributed by atoms with Gasteiger partial charge in [0.1, 0.15) is 17.8 Å². The third-order valence-corrected chi connectivity index (χ3v) is 20.2. The lowest BCUT2D eigenvalue weighted by atomic mass is 9.89. The molecule has 4 aliphatic rings. The van der Waals surface area contributed by atoms with Crippen LogP contribution in [-0.4, -0.2) is 181 Å². The van der Waals surface area contributed by atoms with Crippen LogP contribution in [-0.2, 0) is 49.6 Å². The van der Waals surface area contributed by atoms with Crippen LogP contribution in [0.25, 0.3) is 0 Å². The number of carboxylic acids is 1. The van der Waals surface area contributed by atoms with Crippen molar-refractivity contribution in [2.45, 2.75) is 126 Å². The summed E-state index contributed by atoms with van der Waals surface area (Å²) in [6.45, 7) is 4.30. The molecule has 6 unspecified atom stereocenters. The molecule has 1 aromatic carbocycles. The number of aliphatic hydroxyl groups excluding tert-OH is 1. The van der Waals surface area contributed by atoms with Gasteiger partial charge in [-0.05, 0) is 63.6 Å². The van der Waals surface area contributed by atoms with E-state index in [-0.39, 0.29) is 73.3 Å². The van der Waals surface area contributed by atoms with Crippen molar-refractivity contribution >= 4 is 118 Å². The van der Waals surface area contributed by atoms with Crippen molar-refractivity contribution in [1.29, 1.82) is 0 Å². The molecule has 4 heterocycles. The van der Waals surface area contributed by atoms with E-state index in [0.717, 1.165) is 0 Å². The number of rotatable bonds is 8. The van der Waals surface area contributed by atoms with Crippen molar-refractivity contribution in [2.75, 3.05) is 47.6 Å². The van der Waals surface area contributed by atoms with Gasteiger partial charge in [0.15, 0.2) is 17.3 Å². The van der Waals surface area contributed by atoms with Gasteiger partial charge in [-0.1, -0.05) is 83.8 Å². The maximum absolute atomic E-state index is 15.5. The Morgan fingerprint density at radius 3 is 2.18 bits per heavy atom. The fourth-order valence-corrected chi connectivity index (χ4v) is 16.2. The number of Topliss-reactive ketones (excluding diaryl/α,β-unsaturated/α-hetero) is 3. The topological polar surface area (TPSA) is 316 Å². The minimum absolute atomic E-state index is 0.0173. The van der Waals surface area contributed by atoms with E-state index in [0.29, 0.717) is 29.9 Å². The van der Waals surface area contributed by atoms with Crippen LogP contribution in [0.1, 0.15) is 64.9 Å². The van der Waals surface area contributed by atoms with Crippen molar-refractivity contribution in [3.8, 4) is 5.75 Å². The van der Waals surface area contributed by atoms with E-state index in [1.165, 1.54) is 95.6 Å². The summed E-state index contributed by atoms with van der Waals surface area (Å²) in [5.74, 6) is -6.06. The highest BCUT2D eigenvalue weighted by Gasteiger charge is 2.43. The third kappa shape index (κ3) is 18.0. The molecule has 26 heteroatoms. The van der Waals surface area contributed by atoms with Crippen molar-refractivity contribution in [3.63, 3.8) is 0 Å². The second kappa shape index (κ2) is 29.0. The maximum atomic E-state index is 15.5. The Labute approximate surface area is 437 Å². The zero-order chi connectivity index (χ0) is 51.8. The maximum Gasteiger partial charge on any atom is 0.303 e. The molecule has 1 aromatic rings. The number of benzene rings is 1. The zero-order valence-electron chi connectivity index (χ0n) is 39.8. The summed E-state index contributed by atoms with van der Waals surface area (Å²) in [6, 6.07) is -3.51. The van der Waals surface area contributed by atoms with Crippen molar-refractivity contribution in [3.05, 3.63) is 29.8 Å². The van der Waals surface area contributed by atoms with Crippen molar-refractivity contribution in [2.24, 2.45) is 17.6 Å². The number of ketones is 3.